The summed E-state index contributed by atoms with van der Waals surface area (Å²) >= 11 is 0. The zero-order valence-electron chi connectivity index (χ0n) is 9.29. The second-order valence-electron chi connectivity index (χ2n) is 3.80. The first-order valence-corrected chi connectivity index (χ1v) is 4.93. The number of nitrogens with zero attached hydrogens (tertiary/aromatic N) is 1. The summed E-state index contributed by atoms with van der Waals surface area (Å²) < 4.78 is 1.83. The van der Waals surface area contributed by atoms with Gasteiger partial charge >= 0.3 is 0 Å². The van der Waals surface area contributed by atoms with Crippen molar-refractivity contribution in [2.75, 3.05) is 7.05 Å². The molecule has 0 unspecified atom stereocenters. The standard InChI is InChI=1S/C11H18N2O/c1-8(2)13-9(3)5-6-10(7-12-4)11(13)14/h5-6,8,12H,7H2,1-4H3. The van der Waals surface area contributed by atoms with Crippen molar-refractivity contribution in [1.29, 1.82) is 0 Å². The van der Waals surface area contributed by atoms with Gasteiger partial charge in [-0.05, 0) is 33.9 Å². The molecule has 0 spiro atoms. The average molecular weight is 194 g/mol. The van der Waals surface area contributed by atoms with E-state index in [1.807, 2.05) is 44.5 Å². The number of nitrogens with one attached hydrogen (secondary N) is 1. The molecule has 0 saturated carbocycles. The Labute approximate surface area is 84.8 Å². The summed E-state index contributed by atoms with van der Waals surface area (Å²) in [6.45, 7) is 6.64. The molecule has 3 heteroatoms. The lowest BCUT2D eigenvalue weighted by Crippen LogP contribution is -2.28. The van der Waals surface area contributed by atoms with Crippen LogP contribution in [0, 0.1) is 6.92 Å². The van der Waals surface area contributed by atoms with Gasteiger partial charge in [0.05, 0.1) is 0 Å². The Morgan fingerprint density at radius 3 is 2.57 bits per heavy atom. The van der Waals surface area contributed by atoms with E-state index in [9.17, 15) is 4.79 Å². The van der Waals surface area contributed by atoms with Crippen LogP contribution in [0.1, 0.15) is 31.1 Å². The van der Waals surface area contributed by atoms with Gasteiger partial charge in [-0.3, -0.25) is 4.79 Å². The molecular weight excluding hydrogens is 176 g/mol. The van der Waals surface area contributed by atoms with E-state index >= 15 is 0 Å². The lowest BCUT2D eigenvalue weighted by Gasteiger charge is -2.15. The molecule has 0 fully saturated rings. The minimum Gasteiger partial charge on any atom is -0.315 e. The van der Waals surface area contributed by atoms with Crippen molar-refractivity contribution in [2.24, 2.45) is 0 Å². The zero-order valence-corrected chi connectivity index (χ0v) is 9.29. The van der Waals surface area contributed by atoms with Crippen molar-refractivity contribution in [3.63, 3.8) is 0 Å². The van der Waals surface area contributed by atoms with E-state index in [1.165, 1.54) is 0 Å². The maximum atomic E-state index is 11.9. The smallest absolute Gasteiger partial charge is 0.255 e. The summed E-state index contributed by atoms with van der Waals surface area (Å²) in [5.74, 6) is 0. The lowest BCUT2D eigenvalue weighted by atomic mass is 10.2. The van der Waals surface area contributed by atoms with Crippen LogP contribution in [0.4, 0.5) is 0 Å². The van der Waals surface area contributed by atoms with Gasteiger partial charge < -0.3 is 9.88 Å². The Morgan fingerprint density at radius 1 is 1.43 bits per heavy atom. The van der Waals surface area contributed by atoms with Crippen LogP contribution in [0.2, 0.25) is 0 Å². The van der Waals surface area contributed by atoms with Crippen molar-refractivity contribution in [3.05, 3.63) is 33.7 Å². The van der Waals surface area contributed by atoms with E-state index < -0.39 is 0 Å². The second-order valence-corrected chi connectivity index (χ2v) is 3.80. The summed E-state index contributed by atoms with van der Waals surface area (Å²) in [5, 5.41) is 3.00. The van der Waals surface area contributed by atoms with Gasteiger partial charge in [-0.15, -0.1) is 0 Å². The molecule has 1 aromatic rings. The molecule has 0 radical (unpaired) electrons. The highest BCUT2D eigenvalue weighted by molar-refractivity contribution is 5.15. The molecule has 1 aromatic heterocycles. The van der Waals surface area contributed by atoms with E-state index in [1.54, 1.807) is 0 Å². The number of aromatic nitrogens is 1. The van der Waals surface area contributed by atoms with E-state index in [-0.39, 0.29) is 11.6 Å². The maximum absolute atomic E-state index is 11.9. The molecule has 0 atom stereocenters. The van der Waals surface area contributed by atoms with Crippen molar-refractivity contribution in [2.45, 2.75) is 33.4 Å². The molecular formula is C11H18N2O. The topological polar surface area (TPSA) is 34.0 Å². The first-order valence-electron chi connectivity index (χ1n) is 4.93. The van der Waals surface area contributed by atoms with Crippen LogP contribution in [-0.2, 0) is 6.54 Å². The average Bonchev–Trinajstić information content (AvgIpc) is 2.10. The molecule has 0 aliphatic rings. The largest absolute Gasteiger partial charge is 0.315 e. The highest BCUT2D eigenvalue weighted by Gasteiger charge is 2.07. The van der Waals surface area contributed by atoms with Crippen LogP contribution in [0.25, 0.3) is 0 Å². The molecule has 78 valence electrons. The van der Waals surface area contributed by atoms with Crippen molar-refractivity contribution in [1.82, 2.24) is 9.88 Å². The van der Waals surface area contributed by atoms with Gasteiger partial charge in [0.25, 0.3) is 5.56 Å². The summed E-state index contributed by atoms with van der Waals surface area (Å²) in [6, 6.07) is 4.11. The number of hydrogen-bond donors (Lipinski definition) is 1. The third-order valence-electron chi connectivity index (χ3n) is 2.28. The minimum atomic E-state index is 0.120. The fourth-order valence-corrected chi connectivity index (χ4v) is 1.65. The van der Waals surface area contributed by atoms with Crippen LogP contribution in [0.5, 0.6) is 0 Å². The molecule has 1 rings (SSSR count). The first kappa shape index (κ1) is 11.0. The zero-order chi connectivity index (χ0) is 10.7. The van der Waals surface area contributed by atoms with Gasteiger partial charge in [0.2, 0.25) is 0 Å². The monoisotopic (exact) mass is 194 g/mol. The minimum absolute atomic E-state index is 0.120. The Balaban J connectivity index is 3.27. The summed E-state index contributed by atoms with van der Waals surface area (Å²) in [4.78, 5) is 11.9. The Hall–Kier alpha value is -1.09. The third-order valence-corrected chi connectivity index (χ3v) is 2.28. The van der Waals surface area contributed by atoms with Gasteiger partial charge in [0.15, 0.2) is 0 Å². The highest BCUT2D eigenvalue weighted by atomic mass is 16.1. The van der Waals surface area contributed by atoms with Crippen LogP contribution in [0.15, 0.2) is 16.9 Å². The van der Waals surface area contributed by atoms with Crippen LogP contribution < -0.4 is 10.9 Å². The fourth-order valence-electron chi connectivity index (χ4n) is 1.65. The van der Waals surface area contributed by atoms with Crippen LogP contribution in [-0.4, -0.2) is 11.6 Å². The molecule has 14 heavy (non-hydrogen) atoms. The highest BCUT2D eigenvalue weighted by Crippen LogP contribution is 2.06. The van der Waals surface area contributed by atoms with Gasteiger partial charge in [0, 0.05) is 23.8 Å². The van der Waals surface area contributed by atoms with Gasteiger partial charge in [0.1, 0.15) is 0 Å². The van der Waals surface area contributed by atoms with Crippen LogP contribution in [0.3, 0.4) is 0 Å². The van der Waals surface area contributed by atoms with Crippen molar-refractivity contribution < 1.29 is 0 Å². The summed E-state index contributed by atoms with van der Waals surface area (Å²) in [6.07, 6.45) is 0. The van der Waals surface area contributed by atoms with E-state index in [2.05, 4.69) is 5.32 Å². The summed E-state index contributed by atoms with van der Waals surface area (Å²) in [5.41, 5.74) is 1.96. The fraction of sp³-hybridized carbons (Fsp3) is 0.545. The third kappa shape index (κ3) is 2.04. The normalized spacial score (nSPS) is 10.9. The first-order chi connectivity index (χ1) is 6.57. The molecule has 0 amide bonds. The number of rotatable bonds is 3. The van der Waals surface area contributed by atoms with E-state index in [0.29, 0.717) is 6.54 Å². The predicted molar refractivity (Wildman–Crippen MR) is 58.6 cm³/mol. The Morgan fingerprint density at radius 2 is 2.07 bits per heavy atom. The molecule has 1 N–H and O–H groups in total. The molecule has 1 heterocycles. The molecule has 0 aromatic carbocycles. The maximum Gasteiger partial charge on any atom is 0.255 e. The quantitative estimate of drug-likeness (QED) is 0.790. The molecule has 0 bridgehead atoms. The number of pyridine rings is 1. The van der Waals surface area contributed by atoms with Gasteiger partial charge in [-0.2, -0.15) is 0 Å². The number of hydrogen-bond acceptors (Lipinski definition) is 2. The van der Waals surface area contributed by atoms with Gasteiger partial charge in [-0.25, -0.2) is 0 Å². The second kappa shape index (κ2) is 4.42. The predicted octanol–water partition coefficient (Wildman–Crippen LogP) is 1.46. The van der Waals surface area contributed by atoms with E-state index in [4.69, 9.17) is 0 Å². The van der Waals surface area contributed by atoms with E-state index in [0.717, 1.165) is 11.3 Å². The molecule has 0 saturated heterocycles. The molecule has 3 nitrogen and oxygen atoms in total. The Kier molecular flexibility index (Phi) is 3.47. The lowest BCUT2D eigenvalue weighted by molar-refractivity contribution is 0.555. The SMILES string of the molecule is CNCc1ccc(C)n(C(C)C)c1=O. The molecule has 0 aliphatic heterocycles. The van der Waals surface area contributed by atoms with Crippen molar-refractivity contribution in [3.8, 4) is 0 Å². The molecule has 0 aliphatic carbocycles. The van der Waals surface area contributed by atoms with Gasteiger partial charge in [-0.1, -0.05) is 6.07 Å². The Bertz CT molecular complexity index is 366. The summed E-state index contributed by atoms with van der Waals surface area (Å²) in [7, 11) is 1.85. The number of aryl methyl sites for hydroxylation is 1. The van der Waals surface area contributed by atoms with Crippen molar-refractivity contribution >= 4 is 0 Å². The van der Waals surface area contributed by atoms with Crippen LogP contribution >= 0.6 is 0 Å².